The molecule has 0 aromatic rings. The molecule has 0 aliphatic heterocycles. The number of allylic oxidation sites excluding steroid dienone is 8. The van der Waals surface area contributed by atoms with Crippen LogP contribution in [-0.2, 0) is 26.2 Å². The maximum absolute atomic E-state index is 3.44. The molecule has 0 saturated carbocycles. The summed E-state index contributed by atoms with van der Waals surface area (Å²) in [6, 6.07) is 0. The van der Waals surface area contributed by atoms with Crippen LogP contribution < -0.4 is 0 Å². The molecule has 0 unspecified atom stereocenters. The Kier molecular flexibility index (Phi) is 14.9. The summed E-state index contributed by atoms with van der Waals surface area (Å²) in [7, 11) is 0. The molecule has 0 nitrogen and oxygen atoms in total. The van der Waals surface area contributed by atoms with E-state index in [-0.39, 0.29) is 56.4 Å². The molecule has 2 rings (SSSR count). The molecule has 0 bridgehead atoms. The Bertz CT molecular complexity index is 426. The average Bonchev–Trinajstić information content (AvgIpc) is 2.85. The largest absolute Gasteiger partial charge is 2.00 e. The summed E-state index contributed by atoms with van der Waals surface area (Å²) < 4.78 is 0. The van der Waals surface area contributed by atoms with Crippen molar-refractivity contribution < 1.29 is 26.2 Å². The normalized spacial score (nSPS) is 17.6. The Labute approximate surface area is 163 Å². The standard InChI is InChI=1S/C10H15.C8H11.2ClH.Zr/c1-7-6-10(4,5)9(3)8(7)2;1-2-5-8-6-3-4-7-8;;;/h1-5H3;3,6H,2,4-5H2,1H3;2*1H;/q2*-1;;;+2. The van der Waals surface area contributed by atoms with Gasteiger partial charge in [0.25, 0.3) is 0 Å². The van der Waals surface area contributed by atoms with Gasteiger partial charge in [-0.25, -0.2) is 17.2 Å². The van der Waals surface area contributed by atoms with Crippen LogP contribution in [0.25, 0.3) is 0 Å². The Balaban J connectivity index is -0.000000274. The summed E-state index contributed by atoms with van der Waals surface area (Å²) in [6.45, 7) is 13.1. The fourth-order valence-corrected chi connectivity index (χ4v) is 2.30. The van der Waals surface area contributed by atoms with Crippen molar-refractivity contribution in [3.05, 3.63) is 46.6 Å². The van der Waals surface area contributed by atoms with Crippen LogP contribution in [0.1, 0.15) is 60.8 Å². The molecule has 21 heavy (non-hydrogen) atoms. The van der Waals surface area contributed by atoms with Gasteiger partial charge in [0, 0.05) is 0 Å². The second kappa shape index (κ2) is 11.9. The van der Waals surface area contributed by atoms with Crippen molar-refractivity contribution in [1.82, 2.24) is 0 Å². The predicted molar refractivity (Wildman–Crippen MR) is 94.5 cm³/mol. The van der Waals surface area contributed by atoms with Crippen LogP contribution in [0.2, 0.25) is 0 Å². The maximum atomic E-state index is 3.44. The van der Waals surface area contributed by atoms with Gasteiger partial charge in [0.05, 0.1) is 0 Å². The predicted octanol–water partition coefficient (Wildman–Crippen LogP) is 6.43. The van der Waals surface area contributed by atoms with E-state index in [9.17, 15) is 0 Å². The fraction of sp³-hybridized carbons (Fsp3) is 0.556. The third-order valence-electron chi connectivity index (χ3n) is 3.85. The first-order chi connectivity index (χ1) is 8.38. The Morgan fingerprint density at radius 1 is 1.14 bits per heavy atom. The average molecular weight is 407 g/mol. The molecular formula is C18H28Cl2Zr. The zero-order valence-corrected chi connectivity index (χ0v) is 18.2. The number of hydrogen-bond donors (Lipinski definition) is 0. The van der Waals surface area contributed by atoms with E-state index in [1.807, 2.05) is 0 Å². The van der Waals surface area contributed by atoms with Crippen molar-refractivity contribution in [3.63, 3.8) is 0 Å². The van der Waals surface area contributed by atoms with Gasteiger partial charge in [0.2, 0.25) is 0 Å². The van der Waals surface area contributed by atoms with Gasteiger partial charge in [-0.2, -0.15) is 17.2 Å². The van der Waals surface area contributed by atoms with Gasteiger partial charge in [-0.3, -0.25) is 12.2 Å². The van der Waals surface area contributed by atoms with Crippen LogP contribution in [-0.4, -0.2) is 0 Å². The van der Waals surface area contributed by atoms with Crippen LogP contribution in [0.15, 0.2) is 34.4 Å². The van der Waals surface area contributed by atoms with E-state index in [0.717, 1.165) is 6.42 Å². The number of rotatable bonds is 2. The quantitative estimate of drug-likeness (QED) is 0.464. The third-order valence-corrected chi connectivity index (χ3v) is 3.85. The van der Waals surface area contributed by atoms with Crippen LogP contribution in [0.4, 0.5) is 0 Å². The van der Waals surface area contributed by atoms with E-state index in [0.29, 0.717) is 0 Å². The topological polar surface area (TPSA) is 0 Å². The van der Waals surface area contributed by atoms with Gasteiger partial charge in [0.1, 0.15) is 0 Å². The van der Waals surface area contributed by atoms with E-state index in [2.05, 4.69) is 65.8 Å². The first kappa shape index (κ1) is 26.3. The van der Waals surface area contributed by atoms with Crippen molar-refractivity contribution in [2.24, 2.45) is 5.41 Å². The third kappa shape index (κ3) is 8.01. The summed E-state index contributed by atoms with van der Waals surface area (Å²) in [5, 5.41) is 0. The van der Waals surface area contributed by atoms with Crippen LogP contribution in [0.3, 0.4) is 0 Å². The van der Waals surface area contributed by atoms with Crippen LogP contribution in [0.5, 0.6) is 0 Å². The molecule has 0 saturated heterocycles. The molecule has 0 spiro atoms. The first-order valence-corrected chi connectivity index (χ1v) is 6.94. The van der Waals surface area contributed by atoms with Crippen LogP contribution in [0, 0.1) is 17.6 Å². The molecule has 3 heteroatoms. The van der Waals surface area contributed by atoms with Gasteiger partial charge < -0.3 is 0 Å². The zero-order valence-electron chi connectivity index (χ0n) is 14.1. The van der Waals surface area contributed by atoms with E-state index < -0.39 is 0 Å². The molecular weight excluding hydrogens is 378 g/mol. The summed E-state index contributed by atoms with van der Waals surface area (Å²) in [4.78, 5) is 0. The molecule has 0 aromatic heterocycles. The van der Waals surface area contributed by atoms with Crippen molar-refractivity contribution in [2.45, 2.75) is 60.8 Å². The number of halogens is 2. The monoisotopic (exact) mass is 404 g/mol. The molecule has 0 heterocycles. The van der Waals surface area contributed by atoms with E-state index in [4.69, 9.17) is 0 Å². The first-order valence-electron chi connectivity index (χ1n) is 6.94. The van der Waals surface area contributed by atoms with Gasteiger partial charge >= 0.3 is 26.2 Å². The molecule has 0 aromatic carbocycles. The van der Waals surface area contributed by atoms with Gasteiger partial charge in [0.15, 0.2) is 0 Å². The smallest absolute Gasteiger partial charge is 0.269 e. The minimum Gasteiger partial charge on any atom is -0.269 e. The minimum atomic E-state index is 0. The van der Waals surface area contributed by atoms with Crippen LogP contribution >= 0.6 is 24.8 Å². The Morgan fingerprint density at radius 3 is 1.95 bits per heavy atom. The molecule has 2 aliphatic rings. The van der Waals surface area contributed by atoms with Gasteiger partial charge in [-0.1, -0.05) is 52.9 Å². The summed E-state index contributed by atoms with van der Waals surface area (Å²) in [5.74, 6) is 0. The Morgan fingerprint density at radius 2 is 1.71 bits per heavy atom. The summed E-state index contributed by atoms with van der Waals surface area (Å²) >= 11 is 0. The van der Waals surface area contributed by atoms with Crippen molar-refractivity contribution in [3.8, 4) is 0 Å². The molecule has 0 fully saturated rings. The van der Waals surface area contributed by atoms with Crippen molar-refractivity contribution in [1.29, 1.82) is 0 Å². The van der Waals surface area contributed by atoms with E-state index in [1.54, 1.807) is 0 Å². The van der Waals surface area contributed by atoms with E-state index in [1.165, 1.54) is 35.1 Å². The van der Waals surface area contributed by atoms with Crippen molar-refractivity contribution in [2.75, 3.05) is 0 Å². The SMILES string of the molecule is CC1=[C-]C(C)(C)C(C)=C1C.CCCC1=[C-]CC=C1.Cl.Cl.[Zr+2]. The summed E-state index contributed by atoms with van der Waals surface area (Å²) in [6.07, 6.45) is 14.5. The second-order valence-corrected chi connectivity index (χ2v) is 5.68. The molecule has 0 atom stereocenters. The summed E-state index contributed by atoms with van der Waals surface area (Å²) in [5.41, 5.74) is 5.79. The molecule has 0 amide bonds. The Hall–Kier alpha value is 0.423. The van der Waals surface area contributed by atoms with E-state index >= 15 is 0 Å². The molecule has 0 N–H and O–H groups in total. The number of hydrogen-bond acceptors (Lipinski definition) is 0. The molecule has 2 aliphatic carbocycles. The second-order valence-electron chi connectivity index (χ2n) is 5.68. The van der Waals surface area contributed by atoms with Gasteiger partial charge in [-0.05, 0) is 0 Å². The van der Waals surface area contributed by atoms with Gasteiger partial charge in [-0.15, -0.1) is 38.2 Å². The maximum Gasteiger partial charge on any atom is 2.00 e. The molecule has 118 valence electrons. The molecule has 0 radical (unpaired) electrons. The fourth-order valence-electron chi connectivity index (χ4n) is 2.30. The van der Waals surface area contributed by atoms with Crippen molar-refractivity contribution >= 4 is 24.8 Å². The zero-order chi connectivity index (χ0) is 13.8. The minimum absolute atomic E-state index is 0.